The van der Waals surface area contributed by atoms with E-state index in [0.29, 0.717) is 10.8 Å². The Morgan fingerprint density at radius 2 is 1.86 bits per heavy atom. The summed E-state index contributed by atoms with van der Waals surface area (Å²) in [6, 6.07) is 10.1. The summed E-state index contributed by atoms with van der Waals surface area (Å²) in [5.41, 5.74) is 0.224. The van der Waals surface area contributed by atoms with Gasteiger partial charge in [0.15, 0.2) is 0 Å². The van der Waals surface area contributed by atoms with Gasteiger partial charge < -0.3 is 15.2 Å². The number of ether oxygens (including phenoxy) is 1. The molecule has 0 saturated carbocycles. The number of halogens is 2. The SMILES string of the molecule is CONS(=O)(=O)c1ccc(C(=O)NCC(O)COc2cccc(Cl)c2Cl)cc1. The molecule has 152 valence electrons. The van der Waals surface area contributed by atoms with Crippen LogP contribution in [0.15, 0.2) is 47.4 Å². The van der Waals surface area contributed by atoms with Crippen LogP contribution >= 0.6 is 23.2 Å². The van der Waals surface area contributed by atoms with Gasteiger partial charge in [0.25, 0.3) is 15.9 Å². The maximum Gasteiger partial charge on any atom is 0.262 e. The van der Waals surface area contributed by atoms with E-state index in [1.807, 2.05) is 4.89 Å². The monoisotopic (exact) mass is 448 g/mol. The summed E-state index contributed by atoms with van der Waals surface area (Å²) >= 11 is 11.9. The Labute approximate surface area is 172 Å². The van der Waals surface area contributed by atoms with Gasteiger partial charge in [0.1, 0.15) is 23.5 Å². The van der Waals surface area contributed by atoms with Crippen molar-refractivity contribution in [3.63, 3.8) is 0 Å². The van der Waals surface area contributed by atoms with E-state index < -0.39 is 22.0 Å². The van der Waals surface area contributed by atoms with Crippen molar-refractivity contribution in [3.05, 3.63) is 58.1 Å². The third-order valence-electron chi connectivity index (χ3n) is 3.47. The molecule has 0 aromatic heterocycles. The molecule has 3 N–H and O–H groups in total. The van der Waals surface area contributed by atoms with Crippen LogP contribution in [-0.4, -0.2) is 45.8 Å². The predicted octanol–water partition coefficient (Wildman–Crippen LogP) is 2.00. The lowest BCUT2D eigenvalue weighted by atomic mass is 10.2. The number of aliphatic hydroxyl groups is 1. The fourth-order valence-electron chi connectivity index (χ4n) is 2.10. The van der Waals surface area contributed by atoms with E-state index in [1.165, 1.54) is 31.4 Å². The van der Waals surface area contributed by atoms with Gasteiger partial charge in [-0.25, -0.2) is 8.42 Å². The molecule has 28 heavy (non-hydrogen) atoms. The molecule has 0 saturated heterocycles. The second kappa shape index (κ2) is 10.1. The molecule has 0 aliphatic carbocycles. The first-order valence-corrected chi connectivity index (χ1v) is 10.2. The molecular formula is C17H18Cl2N2O6S. The highest BCUT2D eigenvalue weighted by Gasteiger charge is 2.15. The van der Waals surface area contributed by atoms with Gasteiger partial charge in [0.2, 0.25) is 0 Å². The van der Waals surface area contributed by atoms with Crippen LogP contribution in [0, 0.1) is 0 Å². The molecule has 0 aliphatic rings. The van der Waals surface area contributed by atoms with Crippen molar-refractivity contribution in [3.8, 4) is 5.75 Å². The largest absolute Gasteiger partial charge is 0.489 e. The van der Waals surface area contributed by atoms with E-state index in [-0.39, 0.29) is 28.6 Å². The van der Waals surface area contributed by atoms with Crippen molar-refractivity contribution >= 4 is 39.1 Å². The van der Waals surface area contributed by atoms with Gasteiger partial charge in [-0.3, -0.25) is 9.63 Å². The molecule has 0 fully saturated rings. The molecule has 8 nitrogen and oxygen atoms in total. The lowest BCUT2D eigenvalue weighted by Gasteiger charge is -2.14. The van der Waals surface area contributed by atoms with Crippen LogP contribution in [0.1, 0.15) is 10.4 Å². The minimum absolute atomic E-state index is 0.0577. The van der Waals surface area contributed by atoms with E-state index >= 15 is 0 Å². The van der Waals surface area contributed by atoms with Crippen LogP contribution in [0.5, 0.6) is 5.75 Å². The number of hydrogen-bond acceptors (Lipinski definition) is 6. The molecule has 2 aromatic carbocycles. The third-order valence-corrected chi connectivity index (χ3v) is 5.55. The first-order chi connectivity index (χ1) is 13.2. The Bertz CT molecular complexity index is 922. The summed E-state index contributed by atoms with van der Waals surface area (Å²) < 4.78 is 28.9. The first kappa shape index (κ1) is 22.4. The Hall–Kier alpha value is -1.88. The molecule has 0 heterocycles. The average Bonchev–Trinajstić information content (AvgIpc) is 2.67. The van der Waals surface area contributed by atoms with E-state index in [1.54, 1.807) is 18.2 Å². The van der Waals surface area contributed by atoms with Crippen molar-refractivity contribution < 1.29 is 27.9 Å². The molecule has 0 bridgehead atoms. The van der Waals surface area contributed by atoms with Crippen molar-refractivity contribution in [2.45, 2.75) is 11.0 Å². The number of sulfonamides is 1. The van der Waals surface area contributed by atoms with E-state index in [4.69, 9.17) is 27.9 Å². The summed E-state index contributed by atoms with van der Waals surface area (Å²) in [6.45, 7) is -0.192. The van der Waals surface area contributed by atoms with Gasteiger partial charge in [0, 0.05) is 12.1 Å². The normalized spacial score (nSPS) is 12.4. The predicted molar refractivity (Wildman–Crippen MR) is 104 cm³/mol. The van der Waals surface area contributed by atoms with Crippen LogP contribution < -0.4 is 14.9 Å². The van der Waals surface area contributed by atoms with Crippen molar-refractivity contribution in [2.24, 2.45) is 0 Å². The second-order valence-corrected chi connectivity index (χ2v) is 7.97. The van der Waals surface area contributed by atoms with Gasteiger partial charge in [-0.1, -0.05) is 34.2 Å². The Balaban J connectivity index is 1.86. The van der Waals surface area contributed by atoms with Crippen LogP contribution in [0.3, 0.4) is 0 Å². The minimum atomic E-state index is -3.80. The van der Waals surface area contributed by atoms with Gasteiger partial charge >= 0.3 is 0 Å². The van der Waals surface area contributed by atoms with E-state index in [0.717, 1.165) is 0 Å². The first-order valence-electron chi connectivity index (χ1n) is 7.92. The molecule has 11 heteroatoms. The Morgan fingerprint density at radius 3 is 2.50 bits per heavy atom. The molecule has 0 spiro atoms. The maximum atomic E-state index is 12.1. The van der Waals surface area contributed by atoms with E-state index in [9.17, 15) is 18.3 Å². The quantitative estimate of drug-likeness (QED) is 0.505. The number of aliphatic hydroxyl groups excluding tert-OH is 1. The summed E-state index contributed by atoms with van der Waals surface area (Å²) in [7, 11) is -2.62. The van der Waals surface area contributed by atoms with Crippen molar-refractivity contribution in [1.82, 2.24) is 10.2 Å². The molecule has 2 aromatic rings. The highest BCUT2D eigenvalue weighted by Crippen LogP contribution is 2.31. The number of rotatable bonds is 9. The van der Waals surface area contributed by atoms with Crippen molar-refractivity contribution in [1.29, 1.82) is 0 Å². The second-order valence-electron chi connectivity index (χ2n) is 5.54. The molecule has 1 amide bonds. The highest BCUT2D eigenvalue weighted by molar-refractivity contribution is 7.89. The summed E-state index contributed by atoms with van der Waals surface area (Å²) in [6.07, 6.45) is -0.996. The number of hydrogen-bond donors (Lipinski definition) is 3. The van der Waals surface area contributed by atoms with Gasteiger partial charge in [-0.2, -0.15) is 0 Å². The molecule has 0 radical (unpaired) electrons. The van der Waals surface area contributed by atoms with Crippen LogP contribution in [0.25, 0.3) is 0 Å². The number of nitrogens with one attached hydrogen (secondary N) is 2. The van der Waals surface area contributed by atoms with Crippen LogP contribution in [-0.2, 0) is 14.9 Å². The molecule has 2 rings (SSSR count). The zero-order valence-corrected chi connectivity index (χ0v) is 17.0. The Morgan fingerprint density at radius 1 is 1.18 bits per heavy atom. The minimum Gasteiger partial charge on any atom is -0.489 e. The average molecular weight is 449 g/mol. The number of benzene rings is 2. The summed E-state index contributed by atoms with van der Waals surface area (Å²) in [5.74, 6) is -0.163. The Kier molecular flexibility index (Phi) is 8.05. The van der Waals surface area contributed by atoms with Crippen LogP contribution in [0.2, 0.25) is 10.0 Å². The molecule has 0 aliphatic heterocycles. The number of carbonyl (C=O) groups excluding carboxylic acids is 1. The van der Waals surface area contributed by atoms with Gasteiger partial charge in [-0.15, -0.1) is 0 Å². The zero-order valence-electron chi connectivity index (χ0n) is 14.7. The molecule has 1 unspecified atom stereocenters. The topological polar surface area (TPSA) is 114 Å². The fraction of sp³-hybridized carbons (Fsp3) is 0.235. The van der Waals surface area contributed by atoms with Gasteiger partial charge in [-0.05, 0) is 36.4 Å². The zero-order chi connectivity index (χ0) is 20.7. The third kappa shape index (κ3) is 6.06. The van der Waals surface area contributed by atoms with Crippen LogP contribution in [0.4, 0.5) is 0 Å². The summed E-state index contributed by atoms with van der Waals surface area (Å²) in [5, 5.41) is 13.0. The molecule has 1 atom stereocenters. The standard InChI is InChI=1S/C17H18Cl2N2O6S/c1-26-21-28(24,25)13-7-5-11(6-8-13)17(23)20-9-12(22)10-27-15-4-2-3-14(18)16(15)19/h2-8,12,21-22H,9-10H2,1H3,(H,20,23). The number of carbonyl (C=O) groups is 1. The molecular weight excluding hydrogens is 431 g/mol. The number of amides is 1. The lowest BCUT2D eigenvalue weighted by Crippen LogP contribution is -2.35. The smallest absolute Gasteiger partial charge is 0.262 e. The van der Waals surface area contributed by atoms with E-state index in [2.05, 4.69) is 10.2 Å². The maximum absolute atomic E-state index is 12.1. The van der Waals surface area contributed by atoms with Crippen molar-refractivity contribution in [2.75, 3.05) is 20.3 Å². The van der Waals surface area contributed by atoms with Gasteiger partial charge in [0.05, 0.1) is 17.0 Å². The lowest BCUT2D eigenvalue weighted by molar-refractivity contribution is 0.0844. The highest BCUT2D eigenvalue weighted by atomic mass is 35.5. The summed E-state index contributed by atoms with van der Waals surface area (Å²) in [4.78, 5) is 18.3. The fourth-order valence-corrected chi connectivity index (χ4v) is 3.25.